The molecule has 2 saturated heterocycles. The van der Waals surface area contributed by atoms with Gasteiger partial charge in [0.15, 0.2) is 0 Å². The number of fused-ring (bicyclic) bond motifs is 3. The molecule has 134 valence electrons. The molecule has 2 N–H and O–H groups in total. The van der Waals surface area contributed by atoms with E-state index in [2.05, 4.69) is 0 Å². The number of ether oxygens (including phenoxy) is 2. The molecular formula is C18H24BNO5. The van der Waals surface area contributed by atoms with Gasteiger partial charge in [-0.2, -0.15) is 0 Å². The molecule has 2 bridgehead atoms. The first-order valence-electron chi connectivity index (χ1n) is 9.05. The lowest BCUT2D eigenvalue weighted by molar-refractivity contribution is -0.123. The van der Waals surface area contributed by atoms with E-state index in [1.807, 2.05) is 25.1 Å². The number of nitrogens with zero attached hydrogens (tertiary/aromatic N) is 1. The van der Waals surface area contributed by atoms with Gasteiger partial charge in [0.25, 0.3) is 0 Å². The number of hydrogen-bond acceptors (Lipinski definition) is 5. The summed E-state index contributed by atoms with van der Waals surface area (Å²) in [5, 5.41) is 20.0. The van der Waals surface area contributed by atoms with E-state index in [-0.39, 0.29) is 24.2 Å². The molecule has 3 heterocycles. The minimum atomic E-state index is -1.59. The molecule has 0 spiro atoms. The highest BCUT2D eigenvalue weighted by Crippen LogP contribution is 2.41. The zero-order chi connectivity index (χ0) is 17.6. The Hall–Kier alpha value is -1.57. The third-order valence-corrected chi connectivity index (χ3v) is 5.94. The van der Waals surface area contributed by atoms with Crippen molar-refractivity contribution in [2.24, 2.45) is 0 Å². The van der Waals surface area contributed by atoms with Gasteiger partial charge in [-0.25, -0.2) is 0 Å². The predicted molar refractivity (Wildman–Crippen MR) is 92.2 cm³/mol. The Balaban J connectivity index is 1.54. The summed E-state index contributed by atoms with van der Waals surface area (Å²) in [6.07, 6.45) is 4.18. The topological polar surface area (TPSA) is 79.2 Å². The number of carbonyl (C=O) groups excluding carboxylic acids is 1. The Labute approximate surface area is 147 Å². The van der Waals surface area contributed by atoms with E-state index in [0.29, 0.717) is 13.0 Å². The van der Waals surface area contributed by atoms with E-state index < -0.39 is 13.1 Å². The summed E-state index contributed by atoms with van der Waals surface area (Å²) in [6, 6.07) is 5.94. The molecule has 3 aliphatic heterocycles. The van der Waals surface area contributed by atoms with Crippen molar-refractivity contribution in [1.29, 1.82) is 0 Å². The maximum absolute atomic E-state index is 11.8. The summed E-state index contributed by atoms with van der Waals surface area (Å²) >= 11 is 0. The third-order valence-electron chi connectivity index (χ3n) is 5.94. The lowest BCUT2D eigenvalue weighted by Crippen LogP contribution is -2.54. The first-order chi connectivity index (χ1) is 12.1. The fraction of sp³-hybridized carbons (Fsp3) is 0.611. The van der Waals surface area contributed by atoms with Crippen LogP contribution in [0.2, 0.25) is 0 Å². The molecule has 1 amide bonds. The molecule has 0 unspecified atom stereocenters. The van der Waals surface area contributed by atoms with Gasteiger partial charge in [-0.15, -0.1) is 0 Å². The Morgan fingerprint density at radius 2 is 2.24 bits per heavy atom. The number of rotatable bonds is 6. The van der Waals surface area contributed by atoms with Crippen molar-refractivity contribution >= 4 is 13.5 Å². The van der Waals surface area contributed by atoms with Crippen molar-refractivity contribution in [3.05, 3.63) is 29.3 Å². The van der Waals surface area contributed by atoms with Crippen LogP contribution in [0.3, 0.4) is 0 Å². The second kappa shape index (κ2) is 6.63. The van der Waals surface area contributed by atoms with Gasteiger partial charge in [0.2, 0.25) is 6.41 Å². The highest BCUT2D eigenvalue weighted by atomic mass is 16.5. The molecular weight excluding hydrogens is 321 g/mol. The third kappa shape index (κ3) is 2.94. The molecule has 0 aliphatic carbocycles. The number of para-hydroxylation sites is 1. The van der Waals surface area contributed by atoms with E-state index in [1.54, 1.807) is 4.90 Å². The van der Waals surface area contributed by atoms with Gasteiger partial charge in [0, 0.05) is 11.5 Å². The van der Waals surface area contributed by atoms with Crippen LogP contribution in [-0.4, -0.2) is 59.3 Å². The predicted octanol–water partition coefficient (Wildman–Crippen LogP) is 1.02. The van der Waals surface area contributed by atoms with E-state index in [4.69, 9.17) is 9.47 Å². The number of amides is 1. The Morgan fingerprint density at radius 1 is 1.40 bits per heavy atom. The quantitative estimate of drug-likeness (QED) is 0.595. The molecule has 5 atom stereocenters. The lowest BCUT2D eigenvalue weighted by atomic mass is 9.71. The largest absolute Gasteiger partial charge is 0.492 e. The van der Waals surface area contributed by atoms with Crippen molar-refractivity contribution < 1.29 is 24.3 Å². The van der Waals surface area contributed by atoms with Crippen LogP contribution in [-0.2, 0) is 9.53 Å². The van der Waals surface area contributed by atoms with E-state index >= 15 is 0 Å². The van der Waals surface area contributed by atoms with Crippen LogP contribution in [0.15, 0.2) is 18.2 Å². The van der Waals surface area contributed by atoms with Crippen LogP contribution < -0.4 is 4.74 Å². The van der Waals surface area contributed by atoms with Crippen molar-refractivity contribution in [2.45, 2.75) is 62.7 Å². The Bertz CT molecular complexity index is 654. The molecule has 1 aromatic rings. The average Bonchev–Trinajstić information content (AvgIpc) is 3.30. The van der Waals surface area contributed by atoms with Crippen LogP contribution >= 0.6 is 0 Å². The molecule has 1 aromatic carbocycles. The summed E-state index contributed by atoms with van der Waals surface area (Å²) in [7, 11) is -1.59. The van der Waals surface area contributed by atoms with Gasteiger partial charge in [-0.05, 0) is 38.2 Å². The molecule has 25 heavy (non-hydrogen) atoms. The van der Waals surface area contributed by atoms with Gasteiger partial charge < -0.3 is 24.4 Å². The molecule has 4 rings (SSSR count). The zero-order valence-corrected chi connectivity index (χ0v) is 14.4. The van der Waals surface area contributed by atoms with Crippen molar-refractivity contribution in [3.63, 3.8) is 0 Å². The first kappa shape index (κ1) is 16.9. The molecule has 3 aliphatic rings. The molecule has 0 aromatic heterocycles. The maximum atomic E-state index is 11.8. The number of benzene rings is 1. The van der Waals surface area contributed by atoms with E-state index in [1.165, 1.54) is 0 Å². The minimum Gasteiger partial charge on any atom is -0.492 e. The fourth-order valence-corrected chi connectivity index (χ4v) is 4.68. The van der Waals surface area contributed by atoms with Crippen LogP contribution in [0.25, 0.3) is 0 Å². The monoisotopic (exact) mass is 345 g/mol. The normalized spacial score (nSPS) is 30.7. The highest BCUT2D eigenvalue weighted by molar-refractivity contribution is 6.43. The summed E-state index contributed by atoms with van der Waals surface area (Å²) in [5.74, 6) is 0.272. The van der Waals surface area contributed by atoms with Crippen molar-refractivity contribution in [1.82, 2.24) is 4.90 Å². The number of hydrogen-bond donors (Lipinski definition) is 2. The smallest absolute Gasteiger partial charge is 0.475 e. The SMILES string of the molecule is Cc1cccc2c1OC[C@H]2C[C@@H](B(O)O)N(C=O)[C@@H]1C[C@H]2CC[C@@H]1O2. The first-order valence-corrected chi connectivity index (χ1v) is 9.05. The highest BCUT2D eigenvalue weighted by Gasteiger charge is 2.47. The molecule has 7 heteroatoms. The van der Waals surface area contributed by atoms with Crippen LogP contribution in [0.1, 0.15) is 42.7 Å². The standard InChI is InChI=1S/C18H24BNO5/c1-11-3-2-4-14-12(9-24-18(11)14)7-17(19(22)23)20(10-21)15-8-13-5-6-16(15)25-13/h2-4,10,12-13,15-17,22-23H,5-9H2,1H3/t12-,13-,15-,16+,17+/m1/s1. The number of carbonyl (C=O) groups is 1. The van der Waals surface area contributed by atoms with Gasteiger partial charge in [-0.3, -0.25) is 4.79 Å². The van der Waals surface area contributed by atoms with Crippen LogP contribution in [0, 0.1) is 6.92 Å². The Kier molecular flexibility index (Phi) is 4.48. The van der Waals surface area contributed by atoms with Crippen molar-refractivity contribution in [3.8, 4) is 5.75 Å². The summed E-state index contributed by atoms with van der Waals surface area (Å²) in [5.41, 5.74) is 2.16. The second-order valence-corrected chi connectivity index (χ2v) is 7.45. The Morgan fingerprint density at radius 3 is 2.88 bits per heavy atom. The van der Waals surface area contributed by atoms with Gasteiger partial charge in [-0.1, -0.05) is 18.2 Å². The molecule has 6 nitrogen and oxygen atoms in total. The summed E-state index contributed by atoms with van der Waals surface area (Å²) < 4.78 is 11.7. The molecule has 0 saturated carbocycles. The average molecular weight is 345 g/mol. The fourth-order valence-electron chi connectivity index (χ4n) is 4.68. The van der Waals surface area contributed by atoms with Gasteiger partial charge in [0.05, 0.1) is 30.8 Å². The van der Waals surface area contributed by atoms with Crippen LogP contribution in [0.4, 0.5) is 0 Å². The minimum absolute atomic E-state index is 0.0193. The van der Waals surface area contributed by atoms with E-state index in [0.717, 1.165) is 42.5 Å². The second-order valence-electron chi connectivity index (χ2n) is 7.45. The lowest BCUT2D eigenvalue weighted by Gasteiger charge is -2.36. The summed E-state index contributed by atoms with van der Waals surface area (Å²) in [4.78, 5) is 13.4. The maximum Gasteiger partial charge on any atom is 0.475 e. The molecule has 0 radical (unpaired) electrons. The van der Waals surface area contributed by atoms with Gasteiger partial charge in [0.1, 0.15) is 5.75 Å². The zero-order valence-electron chi connectivity index (χ0n) is 14.4. The van der Waals surface area contributed by atoms with Crippen LogP contribution in [0.5, 0.6) is 5.75 Å². The van der Waals surface area contributed by atoms with Gasteiger partial charge >= 0.3 is 7.12 Å². The number of aryl methyl sites for hydroxylation is 1. The van der Waals surface area contributed by atoms with E-state index in [9.17, 15) is 14.8 Å². The molecule has 2 fully saturated rings. The summed E-state index contributed by atoms with van der Waals surface area (Å²) in [6.45, 7) is 2.51. The van der Waals surface area contributed by atoms with Crippen molar-refractivity contribution in [2.75, 3.05) is 6.61 Å².